The third-order valence-electron chi connectivity index (χ3n) is 3.93. The van der Waals surface area contributed by atoms with Crippen LogP contribution in [-0.4, -0.2) is 15.0 Å². The van der Waals surface area contributed by atoms with Crippen LogP contribution in [0.2, 0.25) is 5.02 Å². The van der Waals surface area contributed by atoms with E-state index in [0.29, 0.717) is 17.5 Å². The first kappa shape index (κ1) is 17.2. The fourth-order valence-electron chi connectivity index (χ4n) is 2.73. The summed E-state index contributed by atoms with van der Waals surface area (Å²) in [5.41, 5.74) is 3.08. The summed E-state index contributed by atoms with van der Waals surface area (Å²) in [6, 6.07) is 16.0. The first-order valence-corrected chi connectivity index (χ1v) is 8.65. The van der Waals surface area contributed by atoms with Gasteiger partial charge in [0.2, 0.25) is 5.95 Å². The van der Waals surface area contributed by atoms with Crippen LogP contribution in [0.1, 0.15) is 5.69 Å². The number of nitrogens with zero attached hydrogens (tertiary/aromatic N) is 3. The summed E-state index contributed by atoms with van der Waals surface area (Å²) in [6.07, 6.45) is 1.75. The number of anilines is 4. The first-order chi connectivity index (χ1) is 13.1. The summed E-state index contributed by atoms with van der Waals surface area (Å²) in [5, 5.41) is 7.41. The van der Waals surface area contributed by atoms with Gasteiger partial charge in [-0.25, -0.2) is 9.37 Å². The Morgan fingerprint density at radius 2 is 1.81 bits per heavy atom. The number of aryl methyl sites for hydroxylation is 1. The van der Waals surface area contributed by atoms with Crippen molar-refractivity contribution in [1.29, 1.82) is 0 Å². The van der Waals surface area contributed by atoms with Crippen LogP contribution in [-0.2, 0) is 0 Å². The maximum absolute atomic E-state index is 13.3. The van der Waals surface area contributed by atoms with Crippen LogP contribution in [0, 0.1) is 12.7 Å². The third-order valence-corrected chi connectivity index (χ3v) is 4.22. The van der Waals surface area contributed by atoms with Crippen LogP contribution < -0.4 is 10.6 Å². The van der Waals surface area contributed by atoms with E-state index in [1.807, 2.05) is 43.3 Å². The second-order valence-electron chi connectivity index (χ2n) is 5.98. The molecule has 2 heterocycles. The summed E-state index contributed by atoms with van der Waals surface area (Å²) in [6.45, 7) is 1.87. The average molecular weight is 380 g/mol. The van der Waals surface area contributed by atoms with Gasteiger partial charge in [-0.3, -0.25) is 4.98 Å². The van der Waals surface area contributed by atoms with Gasteiger partial charge in [0.25, 0.3) is 0 Å². The van der Waals surface area contributed by atoms with Gasteiger partial charge in [0, 0.05) is 29.0 Å². The molecule has 0 aliphatic carbocycles. The van der Waals surface area contributed by atoms with Crippen molar-refractivity contribution >= 4 is 45.6 Å². The predicted octanol–water partition coefficient (Wildman–Crippen LogP) is 5.61. The smallest absolute Gasteiger partial charge is 0.229 e. The second-order valence-corrected chi connectivity index (χ2v) is 6.38. The zero-order valence-corrected chi connectivity index (χ0v) is 15.1. The molecular weight excluding hydrogens is 365 g/mol. The van der Waals surface area contributed by atoms with E-state index in [1.54, 1.807) is 12.3 Å². The molecule has 5 nitrogen and oxygen atoms in total. The van der Waals surface area contributed by atoms with E-state index in [0.717, 1.165) is 22.3 Å². The molecule has 0 saturated heterocycles. The minimum absolute atomic E-state index is 0.0350. The van der Waals surface area contributed by atoms with Gasteiger partial charge in [0.1, 0.15) is 11.6 Å². The van der Waals surface area contributed by atoms with E-state index in [2.05, 4.69) is 25.6 Å². The van der Waals surface area contributed by atoms with Crippen LogP contribution in [0.3, 0.4) is 0 Å². The SMILES string of the molecule is Cc1cc(Nc2cccc3cccnc23)nc(Nc2ccc(F)c(Cl)c2)n1. The molecule has 4 rings (SSSR count). The Bertz CT molecular complexity index is 1130. The maximum Gasteiger partial charge on any atom is 0.229 e. The summed E-state index contributed by atoms with van der Waals surface area (Å²) in [7, 11) is 0. The quantitative estimate of drug-likeness (QED) is 0.482. The molecule has 0 aliphatic rings. The Balaban J connectivity index is 1.65. The first-order valence-electron chi connectivity index (χ1n) is 8.27. The predicted molar refractivity (Wildman–Crippen MR) is 106 cm³/mol. The molecule has 0 bridgehead atoms. The molecule has 2 aromatic heterocycles. The van der Waals surface area contributed by atoms with Crippen LogP contribution in [0.15, 0.2) is 60.8 Å². The molecule has 134 valence electrons. The molecule has 0 aliphatic heterocycles. The number of nitrogens with one attached hydrogen (secondary N) is 2. The Morgan fingerprint density at radius 1 is 0.963 bits per heavy atom. The van der Waals surface area contributed by atoms with Crippen molar-refractivity contribution < 1.29 is 4.39 Å². The van der Waals surface area contributed by atoms with Crippen molar-refractivity contribution in [1.82, 2.24) is 15.0 Å². The lowest BCUT2D eigenvalue weighted by atomic mass is 10.2. The van der Waals surface area contributed by atoms with Crippen LogP contribution in [0.4, 0.5) is 27.5 Å². The fourth-order valence-corrected chi connectivity index (χ4v) is 2.92. The van der Waals surface area contributed by atoms with Gasteiger partial charge in [-0.15, -0.1) is 0 Å². The molecule has 0 fully saturated rings. The Hall–Kier alpha value is -3.25. The number of fused-ring (bicyclic) bond motifs is 1. The molecule has 2 N–H and O–H groups in total. The van der Waals surface area contributed by atoms with Crippen molar-refractivity contribution in [3.8, 4) is 0 Å². The number of benzene rings is 2. The van der Waals surface area contributed by atoms with Gasteiger partial charge >= 0.3 is 0 Å². The fraction of sp³-hybridized carbons (Fsp3) is 0.0500. The number of para-hydroxylation sites is 1. The number of pyridine rings is 1. The average Bonchev–Trinajstić information content (AvgIpc) is 2.65. The Labute approximate surface area is 160 Å². The third kappa shape index (κ3) is 3.80. The molecule has 0 unspecified atom stereocenters. The van der Waals surface area contributed by atoms with E-state index >= 15 is 0 Å². The molecule has 0 atom stereocenters. The van der Waals surface area contributed by atoms with E-state index in [1.165, 1.54) is 12.1 Å². The van der Waals surface area contributed by atoms with E-state index in [9.17, 15) is 4.39 Å². The van der Waals surface area contributed by atoms with E-state index in [-0.39, 0.29) is 5.02 Å². The van der Waals surface area contributed by atoms with E-state index < -0.39 is 5.82 Å². The highest BCUT2D eigenvalue weighted by atomic mass is 35.5. The van der Waals surface area contributed by atoms with Gasteiger partial charge in [-0.2, -0.15) is 4.98 Å². The maximum atomic E-state index is 13.3. The highest BCUT2D eigenvalue weighted by Crippen LogP contribution is 2.26. The highest BCUT2D eigenvalue weighted by molar-refractivity contribution is 6.31. The Morgan fingerprint density at radius 3 is 2.67 bits per heavy atom. The van der Waals surface area contributed by atoms with E-state index in [4.69, 9.17) is 11.6 Å². The molecule has 2 aromatic carbocycles. The van der Waals surface area contributed by atoms with Gasteiger partial charge in [0.05, 0.1) is 16.2 Å². The molecular formula is C20H15ClFN5. The number of halogens is 2. The second kappa shape index (κ2) is 7.17. The van der Waals surface area contributed by atoms with Gasteiger partial charge < -0.3 is 10.6 Å². The number of rotatable bonds is 4. The highest BCUT2D eigenvalue weighted by Gasteiger charge is 2.08. The van der Waals surface area contributed by atoms with Crippen molar-refractivity contribution in [3.63, 3.8) is 0 Å². The molecule has 0 radical (unpaired) electrons. The molecule has 7 heteroatoms. The van der Waals surface area contributed by atoms with Crippen LogP contribution in [0.5, 0.6) is 0 Å². The number of aromatic nitrogens is 3. The van der Waals surface area contributed by atoms with Crippen molar-refractivity contribution in [3.05, 3.63) is 77.3 Å². The zero-order valence-electron chi connectivity index (χ0n) is 14.4. The van der Waals surface area contributed by atoms with Crippen molar-refractivity contribution in [2.75, 3.05) is 10.6 Å². The number of hydrogen-bond acceptors (Lipinski definition) is 5. The monoisotopic (exact) mass is 379 g/mol. The minimum Gasteiger partial charge on any atom is -0.338 e. The van der Waals surface area contributed by atoms with Crippen LogP contribution >= 0.6 is 11.6 Å². The van der Waals surface area contributed by atoms with Crippen molar-refractivity contribution in [2.24, 2.45) is 0 Å². The van der Waals surface area contributed by atoms with Crippen LogP contribution in [0.25, 0.3) is 10.9 Å². The summed E-state index contributed by atoms with van der Waals surface area (Å²) < 4.78 is 13.3. The number of hydrogen-bond donors (Lipinski definition) is 2. The molecule has 0 saturated carbocycles. The largest absolute Gasteiger partial charge is 0.338 e. The molecule has 4 aromatic rings. The topological polar surface area (TPSA) is 62.7 Å². The van der Waals surface area contributed by atoms with Crippen molar-refractivity contribution in [2.45, 2.75) is 6.92 Å². The Kier molecular flexibility index (Phi) is 4.56. The lowest BCUT2D eigenvalue weighted by Gasteiger charge is -2.11. The zero-order chi connectivity index (χ0) is 18.8. The normalized spacial score (nSPS) is 10.8. The molecule has 27 heavy (non-hydrogen) atoms. The standard InChI is InChI=1S/C20H15ClFN5/c1-12-10-18(26-17-6-2-4-13-5-3-9-23-19(13)17)27-20(24-12)25-14-7-8-16(22)15(21)11-14/h2-11H,1H3,(H2,24,25,26,27). The summed E-state index contributed by atoms with van der Waals surface area (Å²) in [5.74, 6) is 0.530. The summed E-state index contributed by atoms with van der Waals surface area (Å²) >= 11 is 5.83. The van der Waals surface area contributed by atoms with Gasteiger partial charge in [0.15, 0.2) is 0 Å². The molecule has 0 amide bonds. The molecule has 0 spiro atoms. The van der Waals surface area contributed by atoms with Gasteiger partial charge in [-0.1, -0.05) is 29.8 Å². The van der Waals surface area contributed by atoms with Gasteiger partial charge in [-0.05, 0) is 37.3 Å². The lowest BCUT2D eigenvalue weighted by Crippen LogP contribution is -2.03. The minimum atomic E-state index is -0.474. The summed E-state index contributed by atoms with van der Waals surface area (Å²) in [4.78, 5) is 13.3. The lowest BCUT2D eigenvalue weighted by molar-refractivity contribution is 0.628.